The summed E-state index contributed by atoms with van der Waals surface area (Å²) in [4.78, 5) is 5.21. The van der Waals surface area contributed by atoms with Gasteiger partial charge < -0.3 is 14.2 Å². The van der Waals surface area contributed by atoms with E-state index in [0.29, 0.717) is 18.0 Å². The number of ether oxygens (including phenoxy) is 3. The fourth-order valence-corrected chi connectivity index (χ4v) is 3.68. The Kier molecular flexibility index (Phi) is 5.57. The van der Waals surface area contributed by atoms with Crippen LogP contribution >= 0.6 is 11.3 Å². The lowest BCUT2D eigenvalue weighted by Gasteiger charge is -2.07. The largest absolute Gasteiger partial charge is 0.454 e. The molecule has 0 fully saturated rings. The van der Waals surface area contributed by atoms with Gasteiger partial charge in [0.15, 0.2) is 11.5 Å². The highest BCUT2D eigenvalue weighted by Crippen LogP contribution is 2.32. The third-order valence-electron chi connectivity index (χ3n) is 4.07. The molecule has 3 aromatic rings. The topological polar surface area (TPSA) is 57.3 Å². The van der Waals surface area contributed by atoms with Crippen molar-refractivity contribution in [2.75, 3.05) is 13.3 Å². The predicted octanol–water partition coefficient (Wildman–Crippen LogP) is 4.35. The second-order valence-corrected chi connectivity index (χ2v) is 6.79. The van der Waals surface area contributed by atoms with Crippen LogP contribution in [-0.2, 0) is 0 Å². The normalized spacial score (nSPS) is 13.6. The van der Waals surface area contributed by atoms with Gasteiger partial charge in [0, 0.05) is 17.5 Å². The van der Waals surface area contributed by atoms with Gasteiger partial charge in [-0.3, -0.25) is 4.99 Å². The van der Waals surface area contributed by atoms with Crippen molar-refractivity contribution in [1.82, 2.24) is 4.68 Å². The summed E-state index contributed by atoms with van der Waals surface area (Å²) in [5.41, 5.74) is 2.45. The summed E-state index contributed by atoms with van der Waals surface area (Å²) in [6, 6.07) is 12.0. The van der Waals surface area contributed by atoms with Crippen LogP contribution < -0.4 is 19.0 Å². The zero-order valence-corrected chi connectivity index (χ0v) is 16.2. The number of fused-ring (bicyclic) bond motifs is 1. The summed E-state index contributed by atoms with van der Waals surface area (Å²) in [6.07, 6.45) is 1.71. The highest BCUT2D eigenvalue weighted by molar-refractivity contribution is 7.07. The summed E-state index contributed by atoms with van der Waals surface area (Å²) in [5.74, 6) is 1.49. The first kappa shape index (κ1) is 19.1. The summed E-state index contributed by atoms with van der Waals surface area (Å²) in [5, 5.41) is 6.51. The Morgan fingerprint density at radius 3 is 2.72 bits per heavy atom. The molecule has 0 saturated heterocycles. The summed E-state index contributed by atoms with van der Waals surface area (Å²) in [7, 11) is 0. The molecular formula is C20H17F2N3O3S. The van der Waals surface area contributed by atoms with Gasteiger partial charge in [-0.1, -0.05) is 0 Å². The molecule has 0 N–H and O–H groups in total. The molecule has 0 aliphatic carbocycles. The molecular weight excluding hydrogens is 400 g/mol. The smallest absolute Gasteiger partial charge is 0.387 e. The molecule has 29 heavy (non-hydrogen) atoms. The van der Waals surface area contributed by atoms with Crippen molar-refractivity contribution < 1.29 is 23.0 Å². The third kappa shape index (κ3) is 4.29. The fourth-order valence-electron chi connectivity index (χ4n) is 2.78. The lowest BCUT2D eigenvalue weighted by atomic mass is 10.2. The fraction of sp³-hybridized carbons (Fsp3) is 0.200. The number of alkyl halides is 2. The van der Waals surface area contributed by atoms with Crippen LogP contribution in [-0.4, -0.2) is 30.8 Å². The molecule has 0 radical (unpaired) electrons. The van der Waals surface area contributed by atoms with Crippen molar-refractivity contribution in [1.29, 1.82) is 0 Å². The number of aromatic nitrogens is 1. The van der Waals surface area contributed by atoms with Crippen LogP contribution in [0.3, 0.4) is 0 Å². The number of nitrogens with zero attached hydrogens (tertiary/aromatic N) is 3. The third-order valence-corrected chi connectivity index (χ3v) is 4.93. The van der Waals surface area contributed by atoms with Crippen LogP contribution in [0.25, 0.3) is 11.3 Å². The number of thiazole rings is 1. The first-order valence-corrected chi connectivity index (χ1v) is 9.72. The van der Waals surface area contributed by atoms with E-state index in [-0.39, 0.29) is 12.5 Å². The van der Waals surface area contributed by atoms with Crippen LogP contribution in [0.1, 0.15) is 12.5 Å². The zero-order valence-electron chi connectivity index (χ0n) is 15.4. The van der Waals surface area contributed by atoms with Crippen molar-refractivity contribution in [3.8, 4) is 28.5 Å². The van der Waals surface area contributed by atoms with Gasteiger partial charge in [0.2, 0.25) is 11.6 Å². The second kappa shape index (κ2) is 8.44. The SMILES string of the molecule is CCN=c1scc(-c2ccc(OC(F)F)cc2)n1N=Cc1ccc2c(c1)OCO2. The monoisotopic (exact) mass is 417 g/mol. The van der Waals surface area contributed by atoms with E-state index >= 15 is 0 Å². The Hall–Kier alpha value is -3.20. The molecule has 0 bridgehead atoms. The van der Waals surface area contributed by atoms with E-state index < -0.39 is 6.61 Å². The minimum Gasteiger partial charge on any atom is -0.454 e. The average Bonchev–Trinajstić information content (AvgIpc) is 3.33. The van der Waals surface area contributed by atoms with E-state index in [9.17, 15) is 8.78 Å². The molecule has 1 aliphatic rings. The maximum Gasteiger partial charge on any atom is 0.387 e. The molecule has 2 heterocycles. The number of hydrogen-bond donors (Lipinski definition) is 0. The second-order valence-electron chi connectivity index (χ2n) is 5.95. The molecule has 1 aromatic heterocycles. The van der Waals surface area contributed by atoms with E-state index in [1.54, 1.807) is 23.0 Å². The van der Waals surface area contributed by atoms with Crippen molar-refractivity contribution in [3.05, 3.63) is 58.2 Å². The molecule has 0 amide bonds. The minimum absolute atomic E-state index is 0.104. The van der Waals surface area contributed by atoms with Crippen molar-refractivity contribution >= 4 is 17.6 Å². The van der Waals surface area contributed by atoms with Gasteiger partial charge in [-0.15, -0.1) is 11.3 Å². The Morgan fingerprint density at radius 2 is 1.97 bits per heavy atom. The van der Waals surface area contributed by atoms with E-state index in [4.69, 9.17) is 9.47 Å². The summed E-state index contributed by atoms with van der Waals surface area (Å²) >= 11 is 1.45. The van der Waals surface area contributed by atoms with Crippen LogP contribution in [0.2, 0.25) is 0 Å². The van der Waals surface area contributed by atoms with Gasteiger partial charge in [0.25, 0.3) is 0 Å². The van der Waals surface area contributed by atoms with Crippen LogP contribution in [0, 0.1) is 0 Å². The average molecular weight is 417 g/mol. The maximum atomic E-state index is 12.4. The molecule has 1 aliphatic heterocycles. The molecule has 0 saturated carbocycles. The quantitative estimate of drug-likeness (QED) is 0.561. The van der Waals surface area contributed by atoms with Gasteiger partial charge in [-0.05, 0) is 55.0 Å². The zero-order chi connectivity index (χ0) is 20.2. The molecule has 2 aromatic carbocycles. The van der Waals surface area contributed by atoms with E-state index in [1.807, 2.05) is 30.5 Å². The van der Waals surface area contributed by atoms with Crippen LogP contribution in [0.15, 0.2) is 57.9 Å². The number of benzene rings is 2. The van der Waals surface area contributed by atoms with Crippen molar-refractivity contribution in [2.24, 2.45) is 10.1 Å². The van der Waals surface area contributed by atoms with Crippen LogP contribution in [0.4, 0.5) is 8.78 Å². The van der Waals surface area contributed by atoms with Gasteiger partial charge in [-0.25, -0.2) is 4.68 Å². The van der Waals surface area contributed by atoms with Gasteiger partial charge in [-0.2, -0.15) is 13.9 Å². The van der Waals surface area contributed by atoms with E-state index in [0.717, 1.165) is 21.6 Å². The lowest BCUT2D eigenvalue weighted by molar-refractivity contribution is -0.0498. The molecule has 0 atom stereocenters. The molecule has 4 rings (SSSR count). The predicted molar refractivity (Wildman–Crippen MR) is 106 cm³/mol. The highest BCUT2D eigenvalue weighted by Gasteiger charge is 2.13. The number of halogens is 2. The van der Waals surface area contributed by atoms with Crippen LogP contribution in [0.5, 0.6) is 17.2 Å². The molecule has 6 nitrogen and oxygen atoms in total. The molecule has 9 heteroatoms. The molecule has 150 valence electrons. The Morgan fingerprint density at radius 1 is 1.17 bits per heavy atom. The summed E-state index contributed by atoms with van der Waals surface area (Å²) < 4.78 is 41.6. The van der Waals surface area contributed by atoms with Crippen molar-refractivity contribution in [2.45, 2.75) is 13.5 Å². The Bertz CT molecular complexity index is 1090. The first-order valence-electron chi connectivity index (χ1n) is 8.84. The Labute approximate surface area is 169 Å². The number of hydrogen-bond acceptors (Lipinski definition) is 6. The standard InChI is InChI=1S/C20H17F2N3O3S/c1-2-23-20-25(24-10-13-3-8-17-18(9-13)27-12-26-17)16(11-29-20)14-4-6-15(7-5-14)28-19(21)22/h3-11,19H,2,12H2,1H3. The van der Waals surface area contributed by atoms with E-state index in [2.05, 4.69) is 14.8 Å². The van der Waals surface area contributed by atoms with Gasteiger partial charge >= 0.3 is 6.61 Å². The highest BCUT2D eigenvalue weighted by atomic mass is 32.1. The number of rotatable bonds is 6. The van der Waals surface area contributed by atoms with Gasteiger partial charge in [0.05, 0.1) is 11.9 Å². The first-order chi connectivity index (χ1) is 14.1. The molecule has 0 spiro atoms. The minimum atomic E-state index is -2.85. The van der Waals surface area contributed by atoms with E-state index in [1.165, 1.54) is 23.5 Å². The maximum absolute atomic E-state index is 12.4. The summed E-state index contributed by atoms with van der Waals surface area (Å²) in [6.45, 7) is -0.0831. The van der Waals surface area contributed by atoms with Gasteiger partial charge in [0.1, 0.15) is 5.75 Å². The van der Waals surface area contributed by atoms with Crippen molar-refractivity contribution in [3.63, 3.8) is 0 Å². The Balaban J connectivity index is 1.67. The molecule has 0 unspecified atom stereocenters. The lowest BCUT2D eigenvalue weighted by Crippen LogP contribution is -2.12.